The molecule has 1 aromatic rings. The van der Waals surface area contributed by atoms with Gasteiger partial charge in [-0.05, 0) is 44.2 Å². The number of halogens is 1. The number of fused-ring (bicyclic) bond motifs is 1. The van der Waals surface area contributed by atoms with Crippen LogP contribution in [-0.2, 0) is 14.4 Å². The Kier molecular flexibility index (Phi) is 8.41. The van der Waals surface area contributed by atoms with Crippen molar-refractivity contribution in [3.05, 3.63) is 54.1 Å². The number of rotatable bonds is 11. The summed E-state index contributed by atoms with van der Waals surface area (Å²) in [5.74, 6) is -1.42. The Morgan fingerprint density at radius 2 is 1.97 bits per heavy atom. The molecule has 37 heavy (non-hydrogen) atoms. The third-order valence-corrected chi connectivity index (χ3v) is 10.2. The van der Waals surface area contributed by atoms with Gasteiger partial charge in [-0.2, -0.15) is 0 Å². The Morgan fingerprint density at radius 3 is 2.62 bits per heavy atom. The number of aliphatic hydroxyl groups is 1. The lowest BCUT2D eigenvalue weighted by Crippen LogP contribution is -2.55. The zero-order valence-corrected chi connectivity index (χ0v) is 23.1. The number of carbonyl (C=O) groups is 3. The molecule has 0 aliphatic carbocycles. The second-order valence-corrected chi connectivity index (χ2v) is 12.2. The highest BCUT2D eigenvalue weighted by Crippen LogP contribution is 2.66. The molecule has 3 fully saturated rings. The zero-order chi connectivity index (χ0) is 26.9. The van der Waals surface area contributed by atoms with Gasteiger partial charge >= 0.3 is 0 Å². The topological polar surface area (TPSA) is 81.2 Å². The number of aryl methyl sites for hydroxylation is 1. The predicted octanol–water partition coefficient (Wildman–Crippen LogP) is 3.68. The van der Waals surface area contributed by atoms with Gasteiger partial charge in [-0.25, -0.2) is 0 Å². The molecule has 3 amide bonds. The third-order valence-electron chi connectivity index (χ3n) is 7.94. The van der Waals surface area contributed by atoms with Gasteiger partial charge in [-0.3, -0.25) is 14.4 Å². The molecule has 0 saturated carbocycles. The summed E-state index contributed by atoms with van der Waals surface area (Å²) in [6.07, 6.45) is 5.93. The summed E-state index contributed by atoms with van der Waals surface area (Å²) in [6, 6.07) is 4.78. The first-order valence-corrected chi connectivity index (χ1v) is 14.1. The van der Waals surface area contributed by atoms with Gasteiger partial charge in [-0.1, -0.05) is 35.9 Å². The summed E-state index contributed by atoms with van der Waals surface area (Å²) in [5, 5.41) is 9.83. The number of unbranched alkanes of at least 4 members (excludes halogenated alkanes) is 1. The van der Waals surface area contributed by atoms with Crippen LogP contribution in [0.25, 0.3) is 0 Å². The lowest BCUT2D eigenvalue weighted by molar-refractivity contribution is -0.143. The Labute approximate surface area is 228 Å². The molecule has 200 valence electrons. The van der Waals surface area contributed by atoms with Crippen LogP contribution in [0.1, 0.15) is 31.2 Å². The Morgan fingerprint density at radius 1 is 1.24 bits per heavy atom. The summed E-state index contributed by atoms with van der Waals surface area (Å²) in [6.45, 7) is 10.5. The van der Waals surface area contributed by atoms with E-state index in [9.17, 15) is 19.5 Å². The number of hydrogen-bond donors (Lipinski definition) is 1. The SMILES string of the molecule is C=CCN(C)C(=O)[C@@H]1[C@@H]2CCC3(S2)C(C(=O)N(CC=C)c2c(C)cccc2Cl)N(CCCCO)C(=O)[C@H]13. The summed E-state index contributed by atoms with van der Waals surface area (Å²) < 4.78 is -0.679. The quantitative estimate of drug-likeness (QED) is 0.339. The van der Waals surface area contributed by atoms with Crippen molar-refractivity contribution in [2.45, 2.75) is 48.6 Å². The Balaban J connectivity index is 1.78. The minimum Gasteiger partial charge on any atom is -0.396 e. The second-order valence-electron chi connectivity index (χ2n) is 10.2. The van der Waals surface area contributed by atoms with Gasteiger partial charge < -0.3 is 19.8 Å². The lowest BCUT2D eigenvalue weighted by Gasteiger charge is -2.38. The van der Waals surface area contributed by atoms with Crippen LogP contribution in [0.15, 0.2) is 43.5 Å². The maximum atomic E-state index is 14.5. The molecule has 9 heteroatoms. The fraction of sp³-hybridized carbons (Fsp3) is 0.536. The number of benzene rings is 1. The van der Waals surface area contributed by atoms with Crippen molar-refractivity contribution >= 4 is 46.8 Å². The number of anilines is 1. The van der Waals surface area contributed by atoms with Crippen molar-refractivity contribution < 1.29 is 19.5 Å². The molecular weight excluding hydrogens is 510 g/mol. The summed E-state index contributed by atoms with van der Waals surface area (Å²) in [7, 11) is 1.74. The van der Waals surface area contributed by atoms with Crippen LogP contribution in [0.4, 0.5) is 5.69 Å². The number of aliphatic hydroxyl groups excluding tert-OH is 1. The van der Waals surface area contributed by atoms with E-state index < -0.39 is 22.6 Å². The monoisotopic (exact) mass is 545 g/mol. The van der Waals surface area contributed by atoms with Gasteiger partial charge in [0.25, 0.3) is 5.91 Å². The predicted molar refractivity (Wildman–Crippen MR) is 149 cm³/mol. The van der Waals surface area contributed by atoms with E-state index in [1.165, 1.54) is 0 Å². The molecule has 1 N–H and O–H groups in total. The highest BCUT2D eigenvalue weighted by molar-refractivity contribution is 8.02. The number of amides is 3. The fourth-order valence-corrected chi connectivity index (χ4v) is 8.95. The standard InChI is InChI=1S/C28H36ClN3O4S/c1-5-14-30(4)25(34)21-20-12-13-28(37-20)22(21)26(35)32(16-7-8-17-33)24(28)27(36)31(15-6-2)23-18(3)10-9-11-19(23)29/h5-6,9-11,20-22,24,33H,1-2,7-8,12-17H2,3-4H3/t20-,21+,22-,24?,28?/m0/s1. The minimum absolute atomic E-state index is 0.00138. The first-order chi connectivity index (χ1) is 17.7. The van der Waals surface area contributed by atoms with Crippen molar-refractivity contribution in [2.75, 3.05) is 38.2 Å². The van der Waals surface area contributed by atoms with Gasteiger partial charge in [0.15, 0.2) is 0 Å². The second kappa shape index (κ2) is 11.2. The summed E-state index contributed by atoms with van der Waals surface area (Å²) >= 11 is 8.25. The number of para-hydroxylation sites is 1. The average Bonchev–Trinajstić information content (AvgIpc) is 3.50. The van der Waals surface area contributed by atoms with E-state index >= 15 is 0 Å². The Hall–Kier alpha value is -2.29. The van der Waals surface area contributed by atoms with E-state index in [1.807, 2.05) is 19.1 Å². The van der Waals surface area contributed by atoms with Crippen LogP contribution in [0, 0.1) is 18.8 Å². The van der Waals surface area contributed by atoms with Gasteiger partial charge in [0, 0.05) is 38.5 Å². The highest BCUT2D eigenvalue weighted by Gasteiger charge is 2.74. The smallest absolute Gasteiger partial charge is 0.251 e. The summed E-state index contributed by atoms with van der Waals surface area (Å²) in [5.41, 5.74) is 1.47. The molecule has 2 bridgehead atoms. The molecule has 2 unspecified atom stereocenters. The first-order valence-electron chi connectivity index (χ1n) is 12.9. The first kappa shape index (κ1) is 27.7. The van der Waals surface area contributed by atoms with Crippen molar-refractivity contribution in [1.82, 2.24) is 9.80 Å². The highest BCUT2D eigenvalue weighted by atomic mass is 35.5. The molecule has 4 rings (SSSR count). The maximum absolute atomic E-state index is 14.5. The summed E-state index contributed by atoms with van der Waals surface area (Å²) in [4.78, 5) is 47.1. The van der Waals surface area contributed by atoms with Crippen LogP contribution in [0.2, 0.25) is 5.02 Å². The molecule has 3 saturated heterocycles. The van der Waals surface area contributed by atoms with Gasteiger partial charge in [0.05, 0.1) is 27.3 Å². The number of hydrogen-bond acceptors (Lipinski definition) is 5. The van der Waals surface area contributed by atoms with Gasteiger partial charge in [0.2, 0.25) is 11.8 Å². The van der Waals surface area contributed by atoms with Crippen molar-refractivity contribution in [1.29, 1.82) is 0 Å². The number of thioether (sulfide) groups is 1. The van der Waals surface area contributed by atoms with Crippen molar-refractivity contribution in [2.24, 2.45) is 11.8 Å². The van der Waals surface area contributed by atoms with E-state index in [0.29, 0.717) is 43.1 Å². The molecule has 3 aliphatic heterocycles. The largest absolute Gasteiger partial charge is 0.396 e. The van der Waals surface area contributed by atoms with E-state index in [1.54, 1.807) is 51.7 Å². The van der Waals surface area contributed by atoms with Crippen LogP contribution < -0.4 is 4.90 Å². The molecule has 1 aromatic carbocycles. The lowest BCUT2D eigenvalue weighted by atomic mass is 9.70. The molecule has 0 aromatic heterocycles. The third kappa shape index (κ3) is 4.61. The average molecular weight is 546 g/mol. The molecule has 3 heterocycles. The fourth-order valence-electron chi connectivity index (χ4n) is 6.42. The molecule has 1 spiro atoms. The molecular formula is C28H36ClN3O4S. The normalized spacial score (nSPS) is 27.8. The van der Waals surface area contributed by atoms with Crippen LogP contribution >= 0.6 is 23.4 Å². The molecule has 3 aliphatic rings. The van der Waals surface area contributed by atoms with E-state index in [0.717, 1.165) is 12.0 Å². The Bertz CT molecular complexity index is 1080. The van der Waals surface area contributed by atoms with Gasteiger partial charge in [-0.15, -0.1) is 24.9 Å². The van der Waals surface area contributed by atoms with Crippen molar-refractivity contribution in [3.63, 3.8) is 0 Å². The molecule has 5 atom stereocenters. The van der Waals surface area contributed by atoms with Gasteiger partial charge in [0.1, 0.15) is 6.04 Å². The number of nitrogens with zero attached hydrogens (tertiary/aromatic N) is 3. The molecule has 7 nitrogen and oxygen atoms in total. The van der Waals surface area contributed by atoms with Crippen LogP contribution in [0.3, 0.4) is 0 Å². The van der Waals surface area contributed by atoms with E-state index in [-0.39, 0.29) is 36.1 Å². The maximum Gasteiger partial charge on any atom is 0.251 e. The van der Waals surface area contributed by atoms with Crippen LogP contribution in [-0.4, -0.2) is 82.0 Å². The minimum atomic E-state index is -0.725. The van der Waals surface area contributed by atoms with E-state index in [4.69, 9.17) is 11.6 Å². The number of likely N-dealkylation sites (N-methyl/N-ethyl adjacent to an activating group) is 1. The van der Waals surface area contributed by atoms with E-state index in [2.05, 4.69) is 13.2 Å². The number of carbonyl (C=O) groups excluding carboxylic acids is 3. The van der Waals surface area contributed by atoms with Crippen LogP contribution in [0.5, 0.6) is 0 Å². The van der Waals surface area contributed by atoms with Crippen molar-refractivity contribution in [3.8, 4) is 0 Å². The molecule has 0 radical (unpaired) electrons. The zero-order valence-electron chi connectivity index (χ0n) is 21.6. The number of likely N-dealkylation sites (tertiary alicyclic amines) is 1.